The van der Waals surface area contributed by atoms with Crippen molar-refractivity contribution in [2.75, 3.05) is 13.7 Å². The van der Waals surface area contributed by atoms with Gasteiger partial charge in [0, 0.05) is 35.7 Å². The molecule has 0 radical (unpaired) electrons. The Morgan fingerprint density at radius 2 is 2.09 bits per heavy atom. The smallest absolute Gasteiger partial charge is 0.328 e. The minimum atomic E-state index is -0.902. The summed E-state index contributed by atoms with van der Waals surface area (Å²) in [7, 11) is 1.27. The van der Waals surface area contributed by atoms with E-state index in [1.54, 1.807) is 0 Å². The highest BCUT2D eigenvalue weighted by molar-refractivity contribution is 6.30. The van der Waals surface area contributed by atoms with Crippen LogP contribution in [0.25, 0.3) is 0 Å². The normalized spacial score (nSPS) is 16.2. The molecule has 2 atom stereocenters. The molecule has 7 nitrogen and oxygen atoms in total. The minimum absolute atomic E-state index is 0.235. The number of hydrogen-bond acceptors (Lipinski definition) is 4. The third-order valence-corrected chi connectivity index (χ3v) is 5.74. The van der Waals surface area contributed by atoms with Gasteiger partial charge >= 0.3 is 12.0 Å². The Labute approximate surface area is 189 Å². The van der Waals surface area contributed by atoms with Crippen molar-refractivity contribution in [3.63, 3.8) is 0 Å². The molecule has 1 aliphatic rings. The summed E-state index contributed by atoms with van der Waals surface area (Å²) in [6.07, 6.45) is 2.30. The van der Waals surface area contributed by atoms with E-state index in [0.29, 0.717) is 23.7 Å². The van der Waals surface area contributed by atoms with Crippen LogP contribution in [-0.2, 0) is 22.4 Å². The highest BCUT2D eigenvalue weighted by atomic mass is 35.5. The van der Waals surface area contributed by atoms with Gasteiger partial charge in [0.05, 0.1) is 19.1 Å². The fourth-order valence-electron chi connectivity index (χ4n) is 3.95. The van der Waals surface area contributed by atoms with Crippen LogP contribution in [0, 0.1) is 5.82 Å². The minimum Gasteiger partial charge on any atom is -0.467 e. The molecule has 0 aliphatic carbocycles. The fourth-order valence-corrected chi connectivity index (χ4v) is 4.13. The second-order valence-electron chi connectivity index (χ2n) is 7.49. The average Bonchev–Trinajstić information content (AvgIpc) is 3.28. The average molecular weight is 457 g/mol. The molecule has 0 bridgehead atoms. The Kier molecular flexibility index (Phi) is 6.41. The molecular formula is C23H22ClFN4O3. The predicted molar refractivity (Wildman–Crippen MR) is 117 cm³/mol. The molecule has 0 spiro atoms. The van der Waals surface area contributed by atoms with Crippen molar-refractivity contribution in [2.24, 2.45) is 0 Å². The van der Waals surface area contributed by atoms with E-state index in [0.717, 1.165) is 11.3 Å². The number of urea groups is 1. The van der Waals surface area contributed by atoms with E-state index in [-0.39, 0.29) is 12.0 Å². The highest BCUT2D eigenvalue weighted by Crippen LogP contribution is 2.35. The van der Waals surface area contributed by atoms with Gasteiger partial charge < -0.3 is 19.9 Å². The van der Waals surface area contributed by atoms with E-state index in [2.05, 4.69) is 15.3 Å². The summed E-state index contributed by atoms with van der Waals surface area (Å²) in [6, 6.07) is 11.3. The zero-order valence-electron chi connectivity index (χ0n) is 17.3. The SMILES string of the molecule is COC(=O)C(Cc1ccccc1)NC(=O)N1CCc2[nH]cnc2C1c1cc(Cl)ccc1F. The Bertz CT molecular complexity index is 1120. The number of H-pyrrole nitrogens is 1. The molecule has 1 aromatic heterocycles. The molecule has 166 valence electrons. The summed E-state index contributed by atoms with van der Waals surface area (Å²) < 4.78 is 19.7. The second-order valence-corrected chi connectivity index (χ2v) is 7.93. The number of nitrogens with zero attached hydrogens (tertiary/aromatic N) is 2. The molecule has 0 saturated heterocycles. The van der Waals surface area contributed by atoms with E-state index >= 15 is 0 Å². The maximum atomic E-state index is 14.8. The number of esters is 1. The number of aromatic amines is 1. The van der Waals surface area contributed by atoms with E-state index in [4.69, 9.17) is 16.3 Å². The number of benzene rings is 2. The molecule has 2 amide bonds. The van der Waals surface area contributed by atoms with Gasteiger partial charge in [-0.1, -0.05) is 41.9 Å². The molecule has 2 N–H and O–H groups in total. The fraction of sp³-hybridized carbons (Fsp3) is 0.261. The number of aromatic nitrogens is 2. The van der Waals surface area contributed by atoms with Gasteiger partial charge in [-0.3, -0.25) is 0 Å². The largest absolute Gasteiger partial charge is 0.467 e. The molecular weight excluding hydrogens is 435 g/mol. The lowest BCUT2D eigenvalue weighted by molar-refractivity contribution is -0.142. The third kappa shape index (κ3) is 4.45. The summed E-state index contributed by atoms with van der Waals surface area (Å²) in [5.41, 5.74) is 2.48. The van der Waals surface area contributed by atoms with Crippen LogP contribution in [0.1, 0.15) is 28.6 Å². The maximum Gasteiger partial charge on any atom is 0.328 e. The van der Waals surface area contributed by atoms with Crippen LogP contribution in [0.5, 0.6) is 0 Å². The number of nitrogens with one attached hydrogen (secondary N) is 2. The molecule has 0 saturated carbocycles. The van der Waals surface area contributed by atoms with Crippen LogP contribution in [0.3, 0.4) is 0 Å². The summed E-state index contributed by atoms with van der Waals surface area (Å²) in [4.78, 5) is 34.6. The van der Waals surface area contributed by atoms with Gasteiger partial charge in [0.1, 0.15) is 17.9 Å². The van der Waals surface area contributed by atoms with Crippen LogP contribution in [0.15, 0.2) is 54.9 Å². The zero-order chi connectivity index (χ0) is 22.7. The van der Waals surface area contributed by atoms with Crippen molar-refractivity contribution < 1.29 is 18.7 Å². The summed E-state index contributed by atoms with van der Waals surface area (Å²) in [5, 5.41) is 3.11. The van der Waals surface area contributed by atoms with E-state index in [1.165, 1.54) is 36.5 Å². The monoisotopic (exact) mass is 456 g/mol. The first-order valence-electron chi connectivity index (χ1n) is 10.1. The van der Waals surface area contributed by atoms with Crippen LogP contribution in [0.2, 0.25) is 5.02 Å². The van der Waals surface area contributed by atoms with Gasteiger partial charge in [-0.2, -0.15) is 0 Å². The number of halogens is 2. The van der Waals surface area contributed by atoms with E-state index < -0.39 is 29.9 Å². The maximum absolute atomic E-state index is 14.8. The molecule has 2 aromatic carbocycles. The Morgan fingerprint density at radius 3 is 2.84 bits per heavy atom. The number of imidazole rings is 1. The molecule has 2 heterocycles. The predicted octanol–water partition coefficient (Wildman–Crippen LogP) is 3.64. The number of ether oxygens (including phenoxy) is 1. The number of methoxy groups -OCH3 is 1. The number of rotatable bonds is 5. The molecule has 9 heteroatoms. The molecule has 1 aliphatic heterocycles. The van der Waals surface area contributed by atoms with E-state index in [9.17, 15) is 14.0 Å². The Balaban J connectivity index is 1.64. The number of carbonyl (C=O) groups excluding carboxylic acids is 2. The van der Waals surface area contributed by atoms with Crippen molar-refractivity contribution in [1.82, 2.24) is 20.2 Å². The number of hydrogen-bond donors (Lipinski definition) is 2. The highest BCUT2D eigenvalue weighted by Gasteiger charge is 2.37. The molecule has 3 aromatic rings. The van der Waals surface area contributed by atoms with Gasteiger partial charge in [0.2, 0.25) is 0 Å². The van der Waals surface area contributed by atoms with Gasteiger partial charge in [-0.25, -0.2) is 19.0 Å². The topological polar surface area (TPSA) is 87.3 Å². The van der Waals surface area contributed by atoms with Crippen LogP contribution in [-0.4, -0.2) is 46.6 Å². The first-order chi connectivity index (χ1) is 15.5. The van der Waals surface area contributed by atoms with E-state index in [1.807, 2.05) is 30.3 Å². The Morgan fingerprint density at radius 1 is 1.31 bits per heavy atom. The second kappa shape index (κ2) is 9.40. The number of fused-ring (bicyclic) bond motifs is 1. The van der Waals surface area contributed by atoms with Gasteiger partial charge in [-0.05, 0) is 23.8 Å². The Hall–Kier alpha value is -3.39. The summed E-state index contributed by atoms with van der Waals surface area (Å²) in [5.74, 6) is -1.06. The molecule has 4 rings (SSSR count). The molecule has 0 fully saturated rings. The van der Waals surface area contributed by atoms with Crippen LogP contribution < -0.4 is 5.32 Å². The van der Waals surface area contributed by atoms with Gasteiger partial charge in [0.25, 0.3) is 0 Å². The first kappa shape index (κ1) is 21.8. The zero-order valence-corrected chi connectivity index (χ0v) is 18.1. The molecule has 2 unspecified atom stereocenters. The van der Waals surface area contributed by atoms with Crippen molar-refractivity contribution in [2.45, 2.75) is 24.9 Å². The lowest BCUT2D eigenvalue weighted by atomic mass is 9.95. The van der Waals surface area contributed by atoms with Crippen molar-refractivity contribution >= 4 is 23.6 Å². The first-order valence-corrected chi connectivity index (χ1v) is 10.5. The lowest BCUT2D eigenvalue weighted by Gasteiger charge is -2.36. The molecule has 32 heavy (non-hydrogen) atoms. The number of amides is 2. The van der Waals surface area contributed by atoms with Crippen LogP contribution in [0.4, 0.5) is 9.18 Å². The van der Waals surface area contributed by atoms with Gasteiger partial charge in [-0.15, -0.1) is 0 Å². The third-order valence-electron chi connectivity index (χ3n) is 5.50. The van der Waals surface area contributed by atoms with Crippen molar-refractivity contribution in [1.29, 1.82) is 0 Å². The van der Waals surface area contributed by atoms with Crippen molar-refractivity contribution in [3.05, 3.63) is 88.2 Å². The van der Waals surface area contributed by atoms with Gasteiger partial charge in [0.15, 0.2) is 0 Å². The summed E-state index contributed by atoms with van der Waals surface area (Å²) >= 11 is 6.12. The van der Waals surface area contributed by atoms with Crippen molar-refractivity contribution in [3.8, 4) is 0 Å². The quantitative estimate of drug-likeness (QED) is 0.574. The standard InChI is InChI=1S/C23H22ClFN4O3/c1-32-22(30)19(11-14-5-3-2-4-6-14)28-23(31)29-10-9-18-20(27-13-26-18)21(29)16-12-15(24)7-8-17(16)25/h2-8,12-13,19,21H,9-11H2,1H3,(H,26,27)(H,28,31). The summed E-state index contributed by atoms with van der Waals surface area (Å²) in [6.45, 7) is 0.302. The lowest BCUT2D eigenvalue weighted by Crippen LogP contribution is -2.52. The van der Waals surface area contributed by atoms with Crippen LogP contribution >= 0.6 is 11.6 Å². The number of carbonyl (C=O) groups is 2.